The molecule has 1 heterocycles. The molecular formula is C23H25NO2. The van der Waals surface area contributed by atoms with Gasteiger partial charge in [-0.25, -0.2) is 0 Å². The SMILES string of the molecule is C#CCC/C1=C/CC/C(CCc2cccc3c2C(=O)N(C)C3=O)=C\CC1. The molecule has 0 bridgehead atoms. The first-order valence-corrected chi connectivity index (χ1v) is 9.35. The Kier molecular flexibility index (Phi) is 5.73. The van der Waals surface area contributed by atoms with Crippen LogP contribution in [0.4, 0.5) is 0 Å². The number of terminal acetylenes is 1. The monoisotopic (exact) mass is 347 g/mol. The van der Waals surface area contributed by atoms with Crippen LogP contribution in [0.1, 0.15) is 71.2 Å². The van der Waals surface area contributed by atoms with E-state index in [-0.39, 0.29) is 11.8 Å². The number of aryl methyl sites for hydroxylation is 1. The van der Waals surface area contributed by atoms with Crippen molar-refractivity contribution in [2.45, 2.75) is 51.4 Å². The second-order valence-corrected chi connectivity index (χ2v) is 7.02. The highest BCUT2D eigenvalue weighted by Gasteiger charge is 2.34. The summed E-state index contributed by atoms with van der Waals surface area (Å²) in [4.78, 5) is 25.7. The van der Waals surface area contributed by atoms with E-state index in [0.29, 0.717) is 11.1 Å². The lowest BCUT2D eigenvalue weighted by atomic mass is 9.92. The largest absolute Gasteiger partial charge is 0.277 e. The van der Waals surface area contributed by atoms with E-state index in [9.17, 15) is 9.59 Å². The average Bonchev–Trinajstić information content (AvgIpc) is 2.85. The van der Waals surface area contributed by atoms with E-state index in [1.807, 2.05) is 12.1 Å². The quantitative estimate of drug-likeness (QED) is 0.440. The zero-order chi connectivity index (χ0) is 18.5. The number of benzene rings is 1. The van der Waals surface area contributed by atoms with Crippen molar-refractivity contribution in [1.29, 1.82) is 0 Å². The van der Waals surface area contributed by atoms with Gasteiger partial charge in [0.2, 0.25) is 0 Å². The molecule has 0 unspecified atom stereocenters. The molecule has 0 saturated heterocycles. The summed E-state index contributed by atoms with van der Waals surface area (Å²) in [5.41, 5.74) is 5.05. The Morgan fingerprint density at radius 3 is 2.38 bits per heavy atom. The first kappa shape index (κ1) is 18.2. The lowest BCUT2D eigenvalue weighted by Gasteiger charge is -2.13. The molecule has 1 aromatic rings. The highest BCUT2D eigenvalue weighted by molar-refractivity contribution is 6.21. The number of hydrogen-bond acceptors (Lipinski definition) is 2. The second-order valence-electron chi connectivity index (χ2n) is 7.02. The van der Waals surface area contributed by atoms with Crippen LogP contribution in [0.15, 0.2) is 41.5 Å². The highest BCUT2D eigenvalue weighted by Crippen LogP contribution is 2.28. The molecule has 3 nitrogen and oxygen atoms in total. The Bertz CT molecular complexity index is 823. The summed E-state index contributed by atoms with van der Waals surface area (Å²) in [6, 6.07) is 5.61. The van der Waals surface area contributed by atoms with Gasteiger partial charge in [0.05, 0.1) is 11.1 Å². The van der Waals surface area contributed by atoms with E-state index < -0.39 is 0 Å². The molecule has 3 heteroatoms. The van der Waals surface area contributed by atoms with Gasteiger partial charge in [0.1, 0.15) is 0 Å². The minimum atomic E-state index is -0.193. The second kappa shape index (κ2) is 8.19. The van der Waals surface area contributed by atoms with Crippen LogP contribution in [0.5, 0.6) is 0 Å². The summed E-state index contributed by atoms with van der Waals surface area (Å²) in [6.45, 7) is 0. The summed E-state index contributed by atoms with van der Waals surface area (Å²) in [5, 5.41) is 0. The number of hydrogen-bond donors (Lipinski definition) is 0. The van der Waals surface area contributed by atoms with Crippen LogP contribution in [-0.2, 0) is 6.42 Å². The molecule has 1 aromatic carbocycles. The molecular weight excluding hydrogens is 322 g/mol. The van der Waals surface area contributed by atoms with E-state index in [4.69, 9.17) is 6.42 Å². The third kappa shape index (κ3) is 3.80. The van der Waals surface area contributed by atoms with Crippen LogP contribution >= 0.6 is 0 Å². The van der Waals surface area contributed by atoms with E-state index in [1.165, 1.54) is 16.0 Å². The first-order valence-electron chi connectivity index (χ1n) is 9.35. The lowest BCUT2D eigenvalue weighted by molar-refractivity contribution is 0.0693. The number of fused-ring (bicyclic) bond motifs is 1. The van der Waals surface area contributed by atoms with Crippen LogP contribution in [0.25, 0.3) is 0 Å². The smallest absolute Gasteiger partial charge is 0.261 e. The summed E-state index contributed by atoms with van der Waals surface area (Å²) in [7, 11) is 1.55. The maximum Gasteiger partial charge on any atom is 0.261 e. The molecule has 1 aliphatic heterocycles. The molecule has 0 saturated carbocycles. The maximum absolute atomic E-state index is 12.4. The maximum atomic E-state index is 12.4. The average molecular weight is 347 g/mol. The van der Waals surface area contributed by atoms with Crippen LogP contribution in [0.2, 0.25) is 0 Å². The van der Waals surface area contributed by atoms with Crippen molar-refractivity contribution in [2.24, 2.45) is 0 Å². The molecule has 26 heavy (non-hydrogen) atoms. The molecule has 0 aromatic heterocycles. The normalized spacial score (nSPS) is 21.2. The standard InChI is InChI=1S/C23H25NO2/c1-3-4-8-17-9-5-11-18(12-6-10-17)15-16-19-13-7-14-20-21(19)23(26)24(2)22(20)25/h1,7,9,12-14H,4-6,8,10-11,15-16H2,2H3/b17-9-,18-12+. The molecule has 0 radical (unpaired) electrons. The third-order valence-corrected chi connectivity index (χ3v) is 5.31. The van der Waals surface area contributed by atoms with Gasteiger partial charge >= 0.3 is 0 Å². The van der Waals surface area contributed by atoms with Gasteiger partial charge in [0.15, 0.2) is 0 Å². The highest BCUT2D eigenvalue weighted by atomic mass is 16.2. The Hall–Kier alpha value is -2.60. The molecule has 2 amide bonds. The predicted octanol–water partition coefficient (Wildman–Crippen LogP) is 4.69. The topological polar surface area (TPSA) is 37.4 Å². The van der Waals surface area contributed by atoms with Crippen LogP contribution < -0.4 is 0 Å². The molecule has 3 rings (SSSR count). The minimum Gasteiger partial charge on any atom is -0.277 e. The van der Waals surface area contributed by atoms with Gasteiger partial charge in [-0.15, -0.1) is 12.3 Å². The van der Waals surface area contributed by atoms with Crippen molar-refractivity contribution in [3.63, 3.8) is 0 Å². The van der Waals surface area contributed by atoms with Crippen molar-refractivity contribution in [1.82, 2.24) is 4.90 Å². The first-order chi connectivity index (χ1) is 12.6. The van der Waals surface area contributed by atoms with Crippen LogP contribution in [-0.4, -0.2) is 23.8 Å². The fourth-order valence-electron chi connectivity index (χ4n) is 3.79. The zero-order valence-corrected chi connectivity index (χ0v) is 15.4. The molecule has 134 valence electrons. The van der Waals surface area contributed by atoms with Gasteiger partial charge in [-0.2, -0.15) is 0 Å². The van der Waals surface area contributed by atoms with Crippen molar-refractivity contribution in [3.8, 4) is 12.3 Å². The number of nitrogens with zero attached hydrogens (tertiary/aromatic N) is 1. The Morgan fingerprint density at radius 1 is 1.00 bits per heavy atom. The van der Waals surface area contributed by atoms with Gasteiger partial charge in [-0.3, -0.25) is 14.5 Å². The number of carbonyl (C=O) groups is 2. The third-order valence-electron chi connectivity index (χ3n) is 5.31. The number of imide groups is 1. The molecule has 0 N–H and O–H groups in total. The van der Waals surface area contributed by atoms with Gasteiger partial charge in [0, 0.05) is 13.5 Å². The Labute approximate surface area is 155 Å². The number of carbonyl (C=O) groups excluding carboxylic acids is 2. The summed E-state index contributed by atoms with van der Waals surface area (Å²) >= 11 is 0. The van der Waals surface area contributed by atoms with Gasteiger partial charge in [-0.1, -0.05) is 35.4 Å². The van der Waals surface area contributed by atoms with Crippen molar-refractivity contribution in [3.05, 3.63) is 58.2 Å². The molecule has 1 aliphatic carbocycles. The minimum absolute atomic E-state index is 0.173. The Morgan fingerprint density at radius 2 is 1.69 bits per heavy atom. The molecule has 0 atom stereocenters. The number of allylic oxidation sites excluding steroid dienone is 4. The fourth-order valence-corrected chi connectivity index (χ4v) is 3.79. The predicted molar refractivity (Wildman–Crippen MR) is 104 cm³/mol. The number of rotatable bonds is 5. The van der Waals surface area contributed by atoms with E-state index >= 15 is 0 Å². The van der Waals surface area contributed by atoms with Gasteiger partial charge < -0.3 is 0 Å². The van der Waals surface area contributed by atoms with Crippen molar-refractivity contribution < 1.29 is 9.59 Å². The van der Waals surface area contributed by atoms with E-state index in [1.54, 1.807) is 13.1 Å². The lowest BCUT2D eigenvalue weighted by Crippen LogP contribution is -2.24. The van der Waals surface area contributed by atoms with E-state index in [2.05, 4.69) is 18.1 Å². The van der Waals surface area contributed by atoms with E-state index in [0.717, 1.165) is 56.9 Å². The van der Waals surface area contributed by atoms with Crippen LogP contribution in [0.3, 0.4) is 0 Å². The van der Waals surface area contributed by atoms with Crippen molar-refractivity contribution in [2.75, 3.05) is 7.05 Å². The molecule has 0 spiro atoms. The zero-order valence-electron chi connectivity index (χ0n) is 15.4. The van der Waals surface area contributed by atoms with Gasteiger partial charge in [-0.05, 0) is 56.6 Å². The molecule has 0 fully saturated rings. The van der Waals surface area contributed by atoms with Crippen LogP contribution in [0, 0.1) is 12.3 Å². The number of amides is 2. The summed E-state index contributed by atoms with van der Waals surface area (Å²) in [6.07, 6.45) is 17.9. The van der Waals surface area contributed by atoms with Crippen molar-refractivity contribution >= 4 is 11.8 Å². The Balaban J connectivity index is 1.64. The van der Waals surface area contributed by atoms with Gasteiger partial charge in [0.25, 0.3) is 11.8 Å². The summed E-state index contributed by atoms with van der Waals surface area (Å²) < 4.78 is 0. The summed E-state index contributed by atoms with van der Waals surface area (Å²) in [5.74, 6) is 2.35. The molecule has 2 aliphatic rings. The fraction of sp³-hybridized carbons (Fsp3) is 0.391.